The van der Waals surface area contributed by atoms with E-state index in [4.69, 9.17) is 0 Å². The van der Waals surface area contributed by atoms with Crippen molar-refractivity contribution in [1.82, 2.24) is 15.1 Å². The van der Waals surface area contributed by atoms with Crippen molar-refractivity contribution in [2.75, 3.05) is 39.8 Å². The molecule has 2 unspecified atom stereocenters. The van der Waals surface area contributed by atoms with E-state index < -0.39 is 0 Å². The molecule has 1 heterocycles. The van der Waals surface area contributed by atoms with Crippen LogP contribution in [0.2, 0.25) is 0 Å². The van der Waals surface area contributed by atoms with Crippen LogP contribution in [0, 0.1) is 5.92 Å². The molecule has 0 amide bonds. The third-order valence-electron chi connectivity index (χ3n) is 4.17. The van der Waals surface area contributed by atoms with Gasteiger partial charge in [-0.25, -0.2) is 0 Å². The average molecular weight is 255 g/mol. The van der Waals surface area contributed by atoms with E-state index >= 15 is 0 Å². The summed E-state index contributed by atoms with van der Waals surface area (Å²) in [7, 11) is 2.23. The summed E-state index contributed by atoms with van der Waals surface area (Å²) in [5.74, 6) is 0.731. The summed E-state index contributed by atoms with van der Waals surface area (Å²) in [6, 6.07) is 1.35. The molecule has 3 heteroatoms. The number of hydrogen-bond donors (Lipinski definition) is 1. The van der Waals surface area contributed by atoms with Gasteiger partial charge in [-0.1, -0.05) is 27.2 Å². The van der Waals surface area contributed by atoms with Gasteiger partial charge in [0.2, 0.25) is 0 Å². The second-order valence-corrected chi connectivity index (χ2v) is 6.25. The van der Waals surface area contributed by atoms with E-state index in [0.717, 1.165) is 12.5 Å². The van der Waals surface area contributed by atoms with E-state index in [-0.39, 0.29) is 0 Å². The number of hydrogen-bond acceptors (Lipinski definition) is 3. The zero-order valence-corrected chi connectivity index (χ0v) is 13.1. The zero-order valence-electron chi connectivity index (χ0n) is 13.1. The maximum Gasteiger partial charge on any atom is 0.0244 e. The first-order chi connectivity index (χ1) is 8.54. The van der Waals surface area contributed by atoms with Crippen LogP contribution in [0.1, 0.15) is 40.5 Å². The Bertz CT molecular complexity index is 210. The van der Waals surface area contributed by atoms with Crippen LogP contribution in [0.15, 0.2) is 0 Å². The van der Waals surface area contributed by atoms with Gasteiger partial charge in [0, 0.05) is 44.8 Å². The van der Waals surface area contributed by atoms with Crippen molar-refractivity contribution < 1.29 is 0 Å². The Morgan fingerprint density at radius 2 is 1.67 bits per heavy atom. The van der Waals surface area contributed by atoms with Gasteiger partial charge in [-0.3, -0.25) is 4.90 Å². The smallest absolute Gasteiger partial charge is 0.0244 e. The van der Waals surface area contributed by atoms with E-state index in [1.54, 1.807) is 0 Å². The third kappa shape index (κ3) is 5.25. The van der Waals surface area contributed by atoms with Crippen molar-refractivity contribution in [2.24, 2.45) is 5.92 Å². The summed E-state index contributed by atoms with van der Waals surface area (Å²) in [6.07, 6.45) is 2.56. The predicted octanol–water partition coefficient (Wildman–Crippen LogP) is 2.04. The van der Waals surface area contributed by atoms with Crippen molar-refractivity contribution in [3.8, 4) is 0 Å². The number of nitrogens with zero attached hydrogens (tertiary/aromatic N) is 2. The van der Waals surface area contributed by atoms with Crippen molar-refractivity contribution in [2.45, 2.75) is 52.6 Å². The molecule has 0 aromatic heterocycles. The third-order valence-corrected chi connectivity index (χ3v) is 4.17. The number of piperazine rings is 1. The summed E-state index contributed by atoms with van der Waals surface area (Å²) in [4.78, 5) is 5.11. The minimum absolute atomic E-state index is 0.656. The molecule has 0 aromatic carbocycles. The number of rotatable bonds is 7. The van der Waals surface area contributed by atoms with Crippen LogP contribution >= 0.6 is 0 Å². The Balaban J connectivity index is 2.39. The average Bonchev–Trinajstić information content (AvgIpc) is 2.31. The molecular formula is C15H33N3. The first-order valence-corrected chi connectivity index (χ1v) is 7.70. The lowest BCUT2D eigenvalue weighted by Crippen LogP contribution is -2.54. The summed E-state index contributed by atoms with van der Waals surface area (Å²) in [6.45, 7) is 15.3. The van der Waals surface area contributed by atoms with Gasteiger partial charge in [-0.05, 0) is 26.3 Å². The molecule has 2 atom stereocenters. The van der Waals surface area contributed by atoms with Gasteiger partial charge in [0.05, 0.1) is 0 Å². The SMILES string of the molecule is CCCC(C)NCC(C(C)C)N1CCN(C)CC1. The van der Waals surface area contributed by atoms with Gasteiger partial charge in [0.25, 0.3) is 0 Å². The fourth-order valence-electron chi connectivity index (χ4n) is 2.80. The summed E-state index contributed by atoms with van der Waals surface area (Å²) >= 11 is 0. The van der Waals surface area contributed by atoms with E-state index in [1.807, 2.05) is 0 Å². The van der Waals surface area contributed by atoms with Crippen molar-refractivity contribution >= 4 is 0 Å². The summed E-state index contributed by atoms with van der Waals surface area (Å²) in [5, 5.41) is 3.72. The Kier molecular flexibility index (Phi) is 7.20. The monoisotopic (exact) mass is 255 g/mol. The van der Waals surface area contributed by atoms with E-state index in [1.165, 1.54) is 39.0 Å². The molecule has 18 heavy (non-hydrogen) atoms. The molecule has 0 spiro atoms. The van der Waals surface area contributed by atoms with E-state index in [0.29, 0.717) is 12.1 Å². The molecule has 1 aliphatic rings. The molecule has 108 valence electrons. The second kappa shape index (κ2) is 8.13. The minimum atomic E-state index is 0.656. The van der Waals surface area contributed by atoms with Crippen LogP contribution in [0.4, 0.5) is 0 Å². The van der Waals surface area contributed by atoms with Gasteiger partial charge in [-0.15, -0.1) is 0 Å². The van der Waals surface area contributed by atoms with Crippen LogP contribution in [-0.2, 0) is 0 Å². The molecular weight excluding hydrogens is 222 g/mol. The highest BCUT2D eigenvalue weighted by atomic mass is 15.3. The summed E-state index contributed by atoms with van der Waals surface area (Å²) in [5.41, 5.74) is 0. The fraction of sp³-hybridized carbons (Fsp3) is 1.00. The van der Waals surface area contributed by atoms with Gasteiger partial charge < -0.3 is 10.2 Å². The number of nitrogens with one attached hydrogen (secondary N) is 1. The zero-order chi connectivity index (χ0) is 13.5. The minimum Gasteiger partial charge on any atom is -0.313 e. The molecule has 1 N–H and O–H groups in total. The lowest BCUT2D eigenvalue weighted by Gasteiger charge is -2.40. The molecule has 1 rings (SSSR count). The molecule has 0 aliphatic carbocycles. The molecule has 3 nitrogen and oxygen atoms in total. The Hall–Kier alpha value is -0.120. The molecule has 1 fully saturated rings. The van der Waals surface area contributed by atoms with Crippen molar-refractivity contribution in [1.29, 1.82) is 0 Å². The Morgan fingerprint density at radius 1 is 1.06 bits per heavy atom. The van der Waals surface area contributed by atoms with E-state index in [2.05, 4.69) is 49.9 Å². The molecule has 0 radical (unpaired) electrons. The van der Waals surface area contributed by atoms with Crippen molar-refractivity contribution in [3.63, 3.8) is 0 Å². The predicted molar refractivity (Wildman–Crippen MR) is 80.1 cm³/mol. The number of likely N-dealkylation sites (N-methyl/N-ethyl adjacent to an activating group) is 1. The molecule has 1 aliphatic heterocycles. The summed E-state index contributed by atoms with van der Waals surface area (Å²) < 4.78 is 0. The van der Waals surface area contributed by atoms with Crippen LogP contribution in [0.25, 0.3) is 0 Å². The Labute approximate surface area is 114 Å². The molecule has 0 aromatic rings. The van der Waals surface area contributed by atoms with Crippen LogP contribution in [-0.4, -0.2) is 61.7 Å². The Morgan fingerprint density at radius 3 is 2.17 bits per heavy atom. The highest BCUT2D eigenvalue weighted by molar-refractivity contribution is 4.82. The van der Waals surface area contributed by atoms with Crippen LogP contribution in [0.5, 0.6) is 0 Å². The second-order valence-electron chi connectivity index (χ2n) is 6.25. The van der Waals surface area contributed by atoms with Crippen LogP contribution in [0.3, 0.4) is 0 Å². The highest BCUT2D eigenvalue weighted by Gasteiger charge is 2.24. The largest absolute Gasteiger partial charge is 0.313 e. The van der Waals surface area contributed by atoms with Gasteiger partial charge in [-0.2, -0.15) is 0 Å². The normalized spacial score (nSPS) is 22.3. The van der Waals surface area contributed by atoms with Crippen LogP contribution < -0.4 is 5.32 Å². The lowest BCUT2D eigenvalue weighted by atomic mass is 10.0. The standard InChI is InChI=1S/C15H33N3/c1-6-7-14(4)16-12-15(13(2)3)18-10-8-17(5)9-11-18/h13-16H,6-12H2,1-5H3. The van der Waals surface area contributed by atoms with Gasteiger partial charge in [0.1, 0.15) is 0 Å². The topological polar surface area (TPSA) is 18.5 Å². The molecule has 0 bridgehead atoms. The van der Waals surface area contributed by atoms with Gasteiger partial charge in [0.15, 0.2) is 0 Å². The molecule has 1 saturated heterocycles. The van der Waals surface area contributed by atoms with Gasteiger partial charge >= 0.3 is 0 Å². The maximum atomic E-state index is 3.72. The molecule has 0 saturated carbocycles. The fourth-order valence-corrected chi connectivity index (χ4v) is 2.80. The van der Waals surface area contributed by atoms with E-state index in [9.17, 15) is 0 Å². The first kappa shape index (κ1) is 15.9. The highest BCUT2D eigenvalue weighted by Crippen LogP contribution is 2.13. The maximum absolute atomic E-state index is 3.72. The van der Waals surface area contributed by atoms with Crippen molar-refractivity contribution in [3.05, 3.63) is 0 Å². The quantitative estimate of drug-likeness (QED) is 0.751. The lowest BCUT2D eigenvalue weighted by molar-refractivity contribution is 0.0861. The first-order valence-electron chi connectivity index (χ1n) is 7.70.